The van der Waals surface area contributed by atoms with Crippen molar-refractivity contribution in [3.05, 3.63) is 0 Å². The molecule has 0 bridgehead atoms. The molecule has 6 saturated heterocycles. The van der Waals surface area contributed by atoms with Crippen LogP contribution in [0, 0.1) is 0 Å². The molecule has 490 valence electrons. The molecule has 6 rings (SSSR count). The number of carbonyl (C=O) groups excluding carboxylic acids is 4. The van der Waals surface area contributed by atoms with Crippen LogP contribution in [0.1, 0.15) is 34.1 Å². The zero-order valence-electron chi connectivity index (χ0n) is 45.9. The molecule has 38 heteroatoms. The van der Waals surface area contributed by atoms with E-state index in [0.717, 1.165) is 27.7 Å². The molecular weight excluding hydrogens is 1160 g/mol. The van der Waals surface area contributed by atoms with Crippen LogP contribution in [0.25, 0.3) is 0 Å². The van der Waals surface area contributed by atoms with Gasteiger partial charge in [-0.25, -0.2) is 4.79 Å². The van der Waals surface area contributed by atoms with Gasteiger partial charge in [0, 0.05) is 34.1 Å². The van der Waals surface area contributed by atoms with Crippen molar-refractivity contribution < 1.29 is 168 Å². The SMILES string of the molecule is CC(=O)N[C@H]1[C@H](OC[C@H]2OC(O)[C@H](NC(C)=O)[C@@H](O[C@@H]3O[C@H](CO)[C@@H](O)[C@H](O[C@@H]4O[C@H](CO)[C@H](O)[C@H](O)[C@H]4O)[C@H]3NC(C)=O)[C@H]2O)O[C@H](CO)[C@@H](O[C@@H]2O[C@H](CO)[C@H](O)[C@H](O[C@]3(C(=O)O)C[C@H](O)[C@@H](NC(C)=O)[C@H]([C@H](O)[C@H](O)CO)O3)[C@H]2O)[C@@H]1O. The fourth-order valence-corrected chi connectivity index (χ4v) is 10.7. The van der Waals surface area contributed by atoms with E-state index in [0.29, 0.717) is 0 Å². The number of carboxylic acids is 1. The first-order valence-corrected chi connectivity index (χ1v) is 26.7. The van der Waals surface area contributed by atoms with Gasteiger partial charge in [-0.3, -0.25) is 19.2 Å². The van der Waals surface area contributed by atoms with Crippen LogP contribution < -0.4 is 21.3 Å². The summed E-state index contributed by atoms with van der Waals surface area (Å²) < 4.78 is 63.5. The van der Waals surface area contributed by atoms with Gasteiger partial charge in [-0.1, -0.05) is 0 Å². The molecule has 0 aliphatic carbocycles. The Balaban J connectivity index is 1.23. The first-order chi connectivity index (χ1) is 40.0. The van der Waals surface area contributed by atoms with Gasteiger partial charge in [0.2, 0.25) is 23.6 Å². The lowest BCUT2D eigenvalue weighted by molar-refractivity contribution is -0.383. The summed E-state index contributed by atoms with van der Waals surface area (Å²) in [7, 11) is 0. The summed E-state index contributed by atoms with van der Waals surface area (Å²) in [4.78, 5) is 63.0. The molecule has 0 aromatic rings. The van der Waals surface area contributed by atoms with Crippen molar-refractivity contribution in [3.63, 3.8) is 0 Å². The molecule has 4 amide bonds. The van der Waals surface area contributed by atoms with E-state index in [2.05, 4.69) is 21.3 Å². The highest BCUT2D eigenvalue weighted by Gasteiger charge is 2.61. The van der Waals surface area contributed by atoms with Crippen molar-refractivity contribution in [2.24, 2.45) is 0 Å². The van der Waals surface area contributed by atoms with Gasteiger partial charge in [0.05, 0.1) is 51.8 Å². The second kappa shape index (κ2) is 30.2. The highest BCUT2D eigenvalue weighted by Crippen LogP contribution is 2.39. The fourth-order valence-electron chi connectivity index (χ4n) is 10.7. The summed E-state index contributed by atoms with van der Waals surface area (Å²) in [6.45, 7) is -2.21. The lowest BCUT2D eigenvalue weighted by Crippen LogP contribution is -2.71. The molecule has 0 aromatic carbocycles. The van der Waals surface area contributed by atoms with Gasteiger partial charge in [-0.15, -0.1) is 0 Å². The van der Waals surface area contributed by atoms with E-state index in [9.17, 15) is 116 Å². The van der Waals surface area contributed by atoms with Crippen LogP contribution in [-0.4, -0.2) is 351 Å². The van der Waals surface area contributed by atoms with E-state index in [1.807, 2.05) is 0 Å². The molecule has 22 N–H and O–H groups in total. The Hall–Kier alpha value is -3.77. The molecule has 6 aliphatic rings. The predicted octanol–water partition coefficient (Wildman–Crippen LogP) is -14.3. The summed E-state index contributed by atoms with van der Waals surface area (Å²) in [5.41, 5.74) is 0. The van der Waals surface area contributed by atoms with Gasteiger partial charge in [0.15, 0.2) is 31.5 Å². The summed E-state index contributed by atoms with van der Waals surface area (Å²) in [5.74, 6) is -8.67. The smallest absolute Gasteiger partial charge is 0.364 e. The van der Waals surface area contributed by atoms with E-state index >= 15 is 0 Å². The molecule has 38 nitrogen and oxygen atoms in total. The number of aliphatic carboxylic acids is 1. The first-order valence-electron chi connectivity index (χ1n) is 26.7. The van der Waals surface area contributed by atoms with Crippen molar-refractivity contribution in [1.29, 1.82) is 0 Å². The minimum absolute atomic E-state index is 0.826. The molecule has 6 fully saturated rings. The third-order valence-electron chi connectivity index (χ3n) is 15.0. The lowest BCUT2D eigenvalue weighted by Gasteiger charge is -2.51. The molecule has 0 radical (unpaired) electrons. The topological polar surface area (TPSA) is 599 Å². The Labute approximate surface area is 481 Å². The summed E-state index contributed by atoms with van der Waals surface area (Å²) in [5, 5.41) is 204. The molecular formula is C47H78N4O34. The number of nitrogens with one attached hydrogen (secondary N) is 4. The van der Waals surface area contributed by atoms with E-state index < -0.39 is 265 Å². The van der Waals surface area contributed by atoms with Gasteiger partial charge in [0.1, 0.15) is 140 Å². The Kier molecular flexibility index (Phi) is 24.9. The third-order valence-corrected chi connectivity index (χ3v) is 15.0. The number of rotatable bonds is 23. The molecule has 31 atom stereocenters. The van der Waals surface area contributed by atoms with E-state index in [-0.39, 0.29) is 0 Å². The summed E-state index contributed by atoms with van der Waals surface area (Å²) >= 11 is 0. The predicted molar refractivity (Wildman–Crippen MR) is 263 cm³/mol. The summed E-state index contributed by atoms with van der Waals surface area (Å²) in [6.07, 6.45) is -53.0. The fraction of sp³-hybridized carbons (Fsp3) is 0.894. The second-order valence-corrected chi connectivity index (χ2v) is 21.2. The van der Waals surface area contributed by atoms with Crippen LogP contribution in [0.15, 0.2) is 0 Å². The molecule has 6 heterocycles. The lowest BCUT2D eigenvalue weighted by atomic mass is 9.88. The monoisotopic (exact) mass is 1240 g/mol. The standard InChI is InChI=1S/C47H78N4O34/c1-12(57)48-23-16(61)5-47(46(73)74,84-39(23)27(63)17(62)6-52)85-40-30(66)20(9-55)79-45(35(40)71)81-36-21(10-56)80-42(24(32(36)68)49-13(2)58)75-11-22-31(67)37(25(41(72)76-22)50-14(3)59)82-43-26(51-15(4)60)38(29(65)19(8-54)77-43)83-44-34(70)33(69)28(64)18(7-53)78-44/h16-45,52-56,61-72H,5-11H2,1-4H3,(H,48,57)(H,49,58)(H,50,59)(H,51,60)(H,73,74)/t16-,17+,18+,19+,20+,21+,22+,23+,24+,25+,26+,27+,28-,29+,30-,31-,32+,33-,34+,35+,36+,37+,38+,39+,40-,41?,42+,43-,44-,45-,47-/m0/s1. The van der Waals surface area contributed by atoms with Crippen molar-refractivity contribution in [2.75, 3.05) is 39.6 Å². The van der Waals surface area contributed by atoms with Gasteiger partial charge >= 0.3 is 5.97 Å². The average Bonchev–Trinajstić information content (AvgIpc) is 1.56. The first kappa shape index (κ1) is 70.3. The molecule has 0 spiro atoms. The number of aliphatic hydroxyl groups excluding tert-OH is 17. The van der Waals surface area contributed by atoms with Crippen molar-refractivity contribution in [1.82, 2.24) is 21.3 Å². The van der Waals surface area contributed by atoms with Crippen LogP contribution in [0.2, 0.25) is 0 Å². The third kappa shape index (κ3) is 15.8. The summed E-state index contributed by atoms with van der Waals surface area (Å²) in [6, 6.07) is -6.94. The maximum absolute atomic E-state index is 13.0. The molecule has 85 heavy (non-hydrogen) atoms. The van der Waals surface area contributed by atoms with Gasteiger partial charge < -0.3 is 165 Å². The normalized spacial score (nSPS) is 45.0. The molecule has 0 saturated carbocycles. The Morgan fingerprint density at radius 1 is 0.482 bits per heavy atom. The number of hydrogen-bond acceptors (Lipinski definition) is 33. The second-order valence-electron chi connectivity index (χ2n) is 21.2. The number of ether oxygens (including phenoxy) is 11. The number of hydrogen-bond donors (Lipinski definition) is 22. The quantitative estimate of drug-likeness (QED) is 0.0452. The van der Waals surface area contributed by atoms with Crippen molar-refractivity contribution in [3.8, 4) is 0 Å². The van der Waals surface area contributed by atoms with Crippen molar-refractivity contribution in [2.45, 2.75) is 224 Å². The van der Waals surface area contributed by atoms with Crippen LogP contribution in [0.4, 0.5) is 0 Å². The average molecular weight is 1240 g/mol. The highest BCUT2D eigenvalue weighted by molar-refractivity contribution is 5.77. The zero-order chi connectivity index (χ0) is 63.3. The molecule has 0 aromatic heterocycles. The van der Waals surface area contributed by atoms with Crippen LogP contribution in [0.5, 0.6) is 0 Å². The van der Waals surface area contributed by atoms with E-state index in [1.165, 1.54) is 0 Å². The Bertz CT molecular complexity index is 2210. The number of aliphatic hydroxyl groups is 17. The number of carbonyl (C=O) groups is 5. The maximum atomic E-state index is 13.0. The minimum atomic E-state index is -3.20. The van der Waals surface area contributed by atoms with Gasteiger partial charge in [0.25, 0.3) is 5.79 Å². The minimum Gasteiger partial charge on any atom is -0.477 e. The van der Waals surface area contributed by atoms with Crippen LogP contribution in [0.3, 0.4) is 0 Å². The highest BCUT2D eigenvalue weighted by atomic mass is 16.8. The maximum Gasteiger partial charge on any atom is 0.364 e. The van der Waals surface area contributed by atoms with Gasteiger partial charge in [-0.05, 0) is 0 Å². The van der Waals surface area contributed by atoms with Crippen molar-refractivity contribution >= 4 is 29.6 Å². The molecule has 6 aliphatic heterocycles. The Morgan fingerprint density at radius 2 is 0.929 bits per heavy atom. The van der Waals surface area contributed by atoms with E-state index in [1.54, 1.807) is 0 Å². The number of amides is 4. The Morgan fingerprint density at radius 3 is 1.47 bits per heavy atom. The van der Waals surface area contributed by atoms with Crippen LogP contribution in [-0.2, 0) is 76.1 Å². The van der Waals surface area contributed by atoms with Gasteiger partial charge in [-0.2, -0.15) is 0 Å². The zero-order valence-corrected chi connectivity index (χ0v) is 45.9. The van der Waals surface area contributed by atoms with E-state index in [4.69, 9.17) is 52.1 Å². The largest absolute Gasteiger partial charge is 0.477 e. The molecule has 1 unspecified atom stereocenters. The number of carboxylic acid groups (broad SMARTS) is 1. The van der Waals surface area contributed by atoms with Crippen LogP contribution >= 0.6 is 0 Å².